The summed E-state index contributed by atoms with van der Waals surface area (Å²) in [5.41, 5.74) is 6.98. The molecule has 1 atom stereocenters. The predicted octanol–water partition coefficient (Wildman–Crippen LogP) is 1.08. The summed E-state index contributed by atoms with van der Waals surface area (Å²) in [7, 11) is 0. The second-order valence-corrected chi connectivity index (χ2v) is 4.56. The van der Waals surface area contributed by atoms with E-state index in [0.29, 0.717) is 25.3 Å². The van der Waals surface area contributed by atoms with Crippen molar-refractivity contribution in [1.29, 1.82) is 5.41 Å². The quantitative estimate of drug-likeness (QED) is 0.482. The van der Waals surface area contributed by atoms with Gasteiger partial charge in [-0.3, -0.25) is 5.41 Å². The number of amidine groups is 1. The maximum absolute atomic E-state index is 11.7. The number of hydrogen-bond acceptors (Lipinski definition) is 3. The fourth-order valence-electron chi connectivity index (χ4n) is 1.93. The van der Waals surface area contributed by atoms with E-state index in [1.54, 1.807) is 12.1 Å². The van der Waals surface area contributed by atoms with Crippen LogP contribution in [0.1, 0.15) is 12.0 Å². The predicted molar refractivity (Wildman–Crippen MR) is 73.4 cm³/mol. The van der Waals surface area contributed by atoms with Gasteiger partial charge in [-0.1, -0.05) is 12.1 Å². The van der Waals surface area contributed by atoms with Crippen molar-refractivity contribution in [2.24, 2.45) is 5.73 Å². The van der Waals surface area contributed by atoms with E-state index in [1.807, 2.05) is 12.1 Å². The van der Waals surface area contributed by atoms with Crippen molar-refractivity contribution < 1.29 is 9.53 Å². The Balaban J connectivity index is 1.84. The lowest BCUT2D eigenvalue weighted by atomic mass is 10.1. The number of carbonyl (C=O) groups excluding carboxylic acids is 1. The molecule has 2 amide bonds. The first-order valence-electron chi connectivity index (χ1n) is 6.20. The van der Waals surface area contributed by atoms with E-state index in [2.05, 4.69) is 10.6 Å². The van der Waals surface area contributed by atoms with Crippen LogP contribution in [0.3, 0.4) is 0 Å². The fourth-order valence-corrected chi connectivity index (χ4v) is 1.93. The van der Waals surface area contributed by atoms with Gasteiger partial charge >= 0.3 is 6.03 Å². The van der Waals surface area contributed by atoms with Crippen LogP contribution in [0, 0.1) is 5.41 Å². The van der Waals surface area contributed by atoms with Crippen molar-refractivity contribution in [2.45, 2.75) is 18.9 Å². The lowest BCUT2D eigenvalue weighted by molar-refractivity contribution is 0.189. The van der Waals surface area contributed by atoms with Gasteiger partial charge in [0.2, 0.25) is 0 Å². The Hall–Kier alpha value is -2.08. The van der Waals surface area contributed by atoms with E-state index in [4.69, 9.17) is 15.9 Å². The van der Waals surface area contributed by atoms with Gasteiger partial charge in [0.15, 0.2) is 0 Å². The van der Waals surface area contributed by atoms with Crippen molar-refractivity contribution in [3.05, 3.63) is 29.8 Å². The van der Waals surface area contributed by atoms with Crippen LogP contribution in [0.25, 0.3) is 0 Å². The minimum Gasteiger partial charge on any atom is -0.387 e. The number of urea groups is 1. The van der Waals surface area contributed by atoms with Gasteiger partial charge in [0.25, 0.3) is 0 Å². The number of ether oxygens (including phenoxy) is 1. The first kappa shape index (κ1) is 13.4. The summed E-state index contributed by atoms with van der Waals surface area (Å²) in [5, 5.41) is 12.8. The standard InChI is InChI=1S/C13H18N4O2/c14-12(15)7-9-1-3-10(4-2-9)16-13(18)17-11-5-6-19-8-11/h1-4,11H,5-8H2,(H3,14,15)(H2,16,17,18). The van der Waals surface area contributed by atoms with E-state index < -0.39 is 0 Å². The molecule has 0 aromatic heterocycles. The van der Waals surface area contributed by atoms with E-state index in [1.165, 1.54) is 0 Å². The number of nitrogens with two attached hydrogens (primary N) is 1. The number of nitrogens with one attached hydrogen (secondary N) is 3. The minimum atomic E-state index is -0.227. The summed E-state index contributed by atoms with van der Waals surface area (Å²) in [5.74, 6) is 0.125. The van der Waals surface area contributed by atoms with Crippen molar-refractivity contribution in [3.63, 3.8) is 0 Å². The molecular weight excluding hydrogens is 244 g/mol. The molecule has 1 unspecified atom stereocenters. The molecule has 1 saturated heterocycles. The van der Waals surface area contributed by atoms with E-state index >= 15 is 0 Å². The monoisotopic (exact) mass is 262 g/mol. The first-order valence-corrected chi connectivity index (χ1v) is 6.20. The molecule has 0 aliphatic carbocycles. The van der Waals surface area contributed by atoms with Gasteiger partial charge in [0.05, 0.1) is 18.5 Å². The van der Waals surface area contributed by atoms with Crippen LogP contribution in [0.4, 0.5) is 10.5 Å². The molecule has 1 aliphatic heterocycles. The molecule has 19 heavy (non-hydrogen) atoms. The third kappa shape index (κ3) is 4.26. The number of carbonyl (C=O) groups is 1. The normalized spacial score (nSPS) is 18.0. The highest BCUT2D eigenvalue weighted by molar-refractivity contribution is 5.89. The van der Waals surface area contributed by atoms with Gasteiger partial charge in [-0.25, -0.2) is 4.79 Å². The summed E-state index contributed by atoms with van der Waals surface area (Å²) in [4.78, 5) is 11.7. The Morgan fingerprint density at radius 2 is 2.16 bits per heavy atom. The topological polar surface area (TPSA) is 100 Å². The summed E-state index contributed by atoms with van der Waals surface area (Å²) >= 11 is 0. The zero-order valence-electron chi connectivity index (χ0n) is 10.6. The van der Waals surface area contributed by atoms with Crippen LogP contribution in [0.15, 0.2) is 24.3 Å². The van der Waals surface area contributed by atoms with Gasteiger partial charge in [-0.05, 0) is 24.1 Å². The van der Waals surface area contributed by atoms with E-state index in [0.717, 1.165) is 12.0 Å². The van der Waals surface area contributed by atoms with Crippen LogP contribution in [0.5, 0.6) is 0 Å². The van der Waals surface area contributed by atoms with Crippen molar-refractivity contribution >= 4 is 17.6 Å². The molecule has 1 aliphatic rings. The molecule has 0 bridgehead atoms. The molecule has 2 rings (SSSR count). The number of anilines is 1. The van der Waals surface area contributed by atoms with Gasteiger partial charge in [-0.2, -0.15) is 0 Å². The average molecular weight is 262 g/mol. The molecule has 1 aromatic rings. The van der Waals surface area contributed by atoms with Crippen LogP contribution < -0.4 is 16.4 Å². The van der Waals surface area contributed by atoms with Crippen molar-refractivity contribution in [2.75, 3.05) is 18.5 Å². The Labute approximate surface area is 111 Å². The largest absolute Gasteiger partial charge is 0.387 e. The smallest absolute Gasteiger partial charge is 0.319 e. The summed E-state index contributed by atoms with van der Waals surface area (Å²) in [6, 6.07) is 7.14. The average Bonchev–Trinajstić information content (AvgIpc) is 2.83. The van der Waals surface area contributed by atoms with Crippen LogP contribution in [-0.4, -0.2) is 31.1 Å². The van der Waals surface area contributed by atoms with Gasteiger partial charge in [0, 0.05) is 18.7 Å². The zero-order valence-corrected chi connectivity index (χ0v) is 10.6. The van der Waals surface area contributed by atoms with Crippen LogP contribution in [-0.2, 0) is 11.2 Å². The maximum atomic E-state index is 11.7. The highest BCUT2D eigenvalue weighted by atomic mass is 16.5. The number of amides is 2. The molecule has 0 radical (unpaired) electrons. The maximum Gasteiger partial charge on any atom is 0.319 e. The number of rotatable bonds is 4. The molecule has 6 nitrogen and oxygen atoms in total. The Morgan fingerprint density at radius 1 is 1.42 bits per heavy atom. The highest BCUT2D eigenvalue weighted by Gasteiger charge is 2.17. The third-order valence-corrected chi connectivity index (χ3v) is 2.87. The molecule has 6 heteroatoms. The molecular formula is C13H18N4O2. The minimum absolute atomic E-state index is 0.0944. The second-order valence-electron chi connectivity index (χ2n) is 4.56. The summed E-state index contributed by atoms with van der Waals surface area (Å²) < 4.78 is 5.19. The first-order chi connectivity index (χ1) is 9.13. The van der Waals surface area contributed by atoms with Gasteiger partial charge in [0.1, 0.15) is 0 Å². The van der Waals surface area contributed by atoms with Gasteiger partial charge in [-0.15, -0.1) is 0 Å². The Bertz CT molecular complexity index is 452. The fraction of sp³-hybridized carbons (Fsp3) is 0.385. The van der Waals surface area contributed by atoms with E-state index in [-0.39, 0.29) is 17.9 Å². The molecule has 1 heterocycles. The lowest BCUT2D eigenvalue weighted by Gasteiger charge is -2.12. The highest BCUT2D eigenvalue weighted by Crippen LogP contribution is 2.10. The van der Waals surface area contributed by atoms with Crippen LogP contribution >= 0.6 is 0 Å². The zero-order chi connectivity index (χ0) is 13.7. The van der Waals surface area contributed by atoms with Crippen molar-refractivity contribution in [3.8, 4) is 0 Å². The second kappa shape index (κ2) is 6.19. The van der Waals surface area contributed by atoms with Gasteiger partial charge < -0.3 is 21.1 Å². The Kier molecular flexibility index (Phi) is 4.35. The molecule has 0 spiro atoms. The Morgan fingerprint density at radius 3 is 2.74 bits per heavy atom. The molecule has 102 valence electrons. The molecule has 1 fully saturated rings. The van der Waals surface area contributed by atoms with E-state index in [9.17, 15) is 4.79 Å². The molecule has 0 saturated carbocycles. The summed E-state index contributed by atoms with van der Waals surface area (Å²) in [6.07, 6.45) is 1.27. The lowest BCUT2D eigenvalue weighted by Crippen LogP contribution is -2.38. The van der Waals surface area contributed by atoms with Crippen LogP contribution in [0.2, 0.25) is 0 Å². The number of hydrogen-bond donors (Lipinski definition) is 4. The molecule has 1 aromatic carbocycles. The molecule has 5 N–H and O–H groups in total. The van der Waals surface area contributed by atoms with Crippen molar-refractivity contribution in [1.82, 2.24) is 5.32 Å². The number of benzene rings is 1. The summed E-state index contributed by atoms with van der Waals surface area (Å²) in [6.45, 7) is 1.27. The SMILES string of the molecule is N=C(N)Cc1ccc(NC(=O)NC2CCOC2)cc1. The third-order valence-electron chi connectivity index (χ3n) is 2.87.